The summed E-state index contributed by atoms with van der Waals surface area (Å²) in [5, 5.41) is 13.3. The Labute approximate surface area is 108 Å². The third-order valence-corrected chi connectivity index (χ3v) is 3.81. The van der Waals surface area contributed by atoms with Crippen molar-refractivity contribution < 1.29 is 9.52 Å². The lowest BCUT2D eigenvalue weighted by Gasteiger charge is -2.38. The second-order valence-corrected chi connectivity index (χ2v) is 6.20. The van der Waals surface area contributed by atoms with Crippen LogP contribution >= 0.6 is 11.8 Å². The van der Waals surface area contributed by atoms with Crippen LogP contribution in [0, 0.1) is 0 Å². The Morgan fingerprint density at radius 2 is 1.82 bits per heavy atom. The zero-order valence-electron chi connectivity index (χ0n) is 11.3. The molecular formula is C13H23NO2S. The third-order valence-electron chi connectivity index (χ3n) is 3.24. The Hall–Kier alpha value is -0.450. The molecule has 0 saturated heterocycles. The maximum atomic E-state index is 10.0. The molecule has 0 atom stereocenters. The van der Waals surface area contributed by atoms with Crippen LogP contribution in [-0.2, 0) is 12.3 Å². The number of hydrogen-bond acceptors (Lipinski definition) is 4. The minimum absolute atomic E-state index is 0.362. The van der Waals surface area contributed by atoms with Crippen LogP contribution in [0.5, 0.6) is 0 Å². The summed E-state index contributed by atoms with van der Waals surface area (Å²) in [6, 6.07) is 3.99. The summed E-state index contributed by atoms with van der Waals surface area (Å²) >= 11 is 1.74. The molecule has 0 bridgehead atoms. The molecule has 0 aliphatic carbocycles. The molecule has 0 saturated carbocycles. The highest BCUT2D eigenvalue weighted by Gasteiger charge is 2.34. The van der Waals surface area contributed by atoms with Gasteiger partial charge in [-0.05, 0) is 46.1 Å². The smallest absolute Gasteiger partial charge is 0.118 e. The van der Waals surface area contributed by atoms with Crippen LogP contribution in [0.15, 0.2) is 16.5 Å². The van der Waals surface area contributed by atoms with Gasteiger partial charge in [0.1, 0.15) is 11.5 Å². The first-order valence-electron chi connectivity index (χ1n) is 5.80. The molecule has 1 rings (SSSR count). The van der Waals surface area contributed by atoms with E-state index in [0.717, 1.165) is 17.3 Å². The van der Waals surface area contributed by atoms with E-state index in [2.05, 4.69) is 11.6 Å². The van der Waals surface area contributed by atoms with Crippen LogP contribution < -0.4 is 5.32 Å². The normalized spacial score (nSPS) is 13.1. The predicted molar refractivity (Wildman–Crippen MR) is 73.1 cm³/mol. The SMILES string of the molecule is CSCc1ccc(CNC(C)(C)C(C)(C)O)o1. The number of rotatable bonds is 6. The van der Waals surface area contributed by atoms with Gasteiger partial charge in [-0.25, -0.2) is 0 Å². The lowest BCUT2D eigenvalue weighted by Crippen LogP contribution is -2.55. The predicted octanol–water partition coefficient (Wildman–Crippen LogP) is 2.78. The van der Waals surface area contributed by atoms with E-state index in [1.807, 2.05) is 26.0 Å². The third kappa shape index (κ3) is 4.05. The maximum absolute atomic E-state index is 10.0. The highest BCUT2D eigenvalue weighted by Crippen LogP contribution is 2.21. The molecule has 0 aromatic carbocycles. The van der Waals surface area contributed by atoms with Crippen molar-refractivity contribution in [1.82, 2.24) is 5.32 Å². The van der Waals surface area contributed by atoms with Crippen LogP contribution in [-0.4, -0.2) is 22.5 Å². The fourth-order valence-corrected chi connectivity index (χ4v) is 1.70. The first-order chi connectivity index (χ1) is 7.76. The Balaban J connectivity index is 2.55. The van der Waals surface area contributed by atoms with Crippen molar-refractivity contribution in [3.05, 3.63) is 23.7 Å². The fourth-order valence-electron chi connectivity index (χ4n) is 1.26. The molecule has 3 nitrogen and oxygen atoms in total. The average Bonchev–Trinajstić information content (AvgIpc) is 2.62. The van der Waals surface area contributed by atoms with E-state index in [1.165, 1.54) is 0 Å². The lowest BCUT2D eigenvalue weighted by molar-refractivity contribution is -0.00603. The summed E-state index contributed by atoms with van der Waals surface area (Å²) in [7, 11) is 0. The standard InChI is InChI=1S/C13H23NO2S/c1-12(2,13(3,4)15)14-8-10-6-7-11(16-10)9-17-5/h6-7,14-15H,8-9H2,1-5H3. The Kier molecular flexibility index (Phi) is 4.69. The highest BCUT2D eigenvalue weighted by molar-refractivity contribution is 7.97. The van der Waals surface area contributed by atoms with Crippen molar-refractivity contribution in [2.45, 2.75) is 51.1 Å². The van der Waals surface area contributed by atoms with Crippen LogP contribution in [0.25, 0.3) is 0 Å². The number of thioether (sulfide) groups is 1. The molecule has 17 heavy (non-hydrogen) atoms. The van der Waals surface area contributed by atoms with Crippen LogP contribution in [0.2, 0.25) is 0 Å². The summed E-state index contributed by atoms with van der Waals surface area (Å²) in [4.78, 5) is 0. The van der Waals surface area contributed by atoms with Gasteiger partial charge >= 0.3 is 0 Å². The molecule has 0 fully saturated rings. The first kappa shape index (κ1) is 14.6. The fraction of sp³-hybridized carbons (Fsp3) is 0.692. The van der Waals surface area contributed by atoms with E-state index in [0.29, 0.717) is 6.54 Å². The zero-order chi connectivity index (χ0) is 13.1. The van der Waals surface area contributed by atoms with Gasteiger partial charge in [-0.2, -0.15) is 11.8 Å². The van der Waals surface area contributed by atoms with Crippen molar-refractivity contribution in [3.63, 3.8) is 0 Å². The van der Waals surface area contributed by atoms with Gasteiger partial charge in [-0.3, -0.25) is 0 Å². The van der Waals surface area contributed by atoms with E-state index in [9.17, 15) is 5.11 Å². The van der Waals surface area contributed by atoms with Crippen LogP contribution in [0.1, 0.15) is 39.2 Å². The molecule has 1 aromatic rings. The quantitative estimate of drug-likeness (QED) is 0.822. The Morgan fingerprint density at radius 1 is 1.24 bits per heavy atom. The monoisotopic (exact) mass is 257 g/mol. The van der Waals surface area contributed by atoms with Gasteiger partial charge in [0.25, 0.3) is 0 Å². The van der Waals surface area contributed by atoms with Crippen molar-refractivity contribution in [2.24, 2.45) is 0 Å². The van der Waals surface area contributed by atoms with Crippen molar-refractivity contribution >= 4 is 11.8 Å². The van der Waals surface area contributed by atoms with Crippen molar-refractivity contribution in [3.8, 4) is 0 Å². The molecule has 98 valence electrons. The van der Waals surface area contributed by atoms with Gasteiger partial charge in [0.15, 0.2) is 0 Å². The Bertz CT molecular complexity index is 353. The summed E-state index contributed by atoms with van der Waals surface area (Å²) in [5.74, 6) is 2.80. The van der Waals surface area contributed by atoms with Crippen LogP contribution in [0.4, 0.5) is 0 Å². The number of furan rings is 1. The minimum Gasteiger partial charge on any atom is -0.464 e. The summed E-state index contributed by atoms with van der Waals surface area (Å²) in [5.41, 5.74) is -1.14. The largest absolute Gasteiger partial charge is 0.464 e. The van der Waals surface area contributed by atoms with Gasteiger partial charge in [0.2, 0.25) is 0 Å². The molecule has 0 aliphatic rings. The molecule has 0 unspecified atom stereocenters. The molecule has 0 aliphatic heterocycles. The second kappa shape index (κ2) is 5.46. The van der Waals surface area contributed by atoms with Crippen LogP contribution in [0.3, 0.4) is 0 Å². The first-order valence-corrected chi connectivity index (χ1v) is 7.19. The van der Waals surface area contributed by atoms with E-state index >= 15 is 0 Å². The molecule has 0 amide bonds. The van der Waals surface area contributed by atoms with Gasteiger partial charge < -0.3 is 14.8 Å². The molecule has 4 heteroatoms. The second-order valence-electron chi connectivity index (χ2n) is 5.34. The summed E-state index contributed by atoms with van der Waals surface area (Å²) in [6.07, 6.45) is 2.05. The number of nitrogens with one attached hydrogen (secondary N) is 1. The minimum atomic E-state index is -0.776. The van der Waals surface area contributed by atoms with Gasteiger partial charge in [0.05, 0.1) is 17.9 Å². The topological polar surface area (TPSA) is 45.4 Å². The number of hydrogen-bond donors (Lipinski definition) is 2. The molecule has 1 heterocycles. The Morgan fingerprint density at radius 3 is 2.35 bits per heavy atom. The maximum Gasteiger partial charge on any atom is 0.118 e. The number of aliphatic hydroxyl groups is 1. The average molecular weight is 257 g/mol. The van der Waals surface area contributed by atoms with E-state index in [4.69, 9.17) is 4.42 Å². The molecule has 2 N–H and O–H groups in total. The van der Waals surface area contributed by atoms with Gasteiger partial charge in [0, 0.05) is 5.54 Å². The summed E-state index contributed by atoms with van der Waals surface area (Å²) < 4.78 is 5.67. The van der Waals surface area contributed by atoms with E-state index in [-0.39, 0.29) is 5.54 Å². The molecule has 0 radical (unpaired) electrons. The van der Waals surface area contributed by atoms with Crippen molar-refractivity contribution in [2.75, 3.05) is 6.26 Å². The zero-order valence-corrected chi connectivity index (χ0v) is 12.1. The summed E-state index contributed by atoms with van der Waals surface area (Å²) in [6.45, 7) is 8.21. The van der Waals surface area contributed by atoms with Gasteiger partial charge in [-0.1, -0.05) is 0 Å². The highest BCUT2D eigenvalue weighted by atomic mass is 32.2. The molecule has 1 aromatic heterocycles. The van der Waals surface area contributed by atoms with Crippen molar-refractivity contribution in [1.29, 1.82) is 0 Å². The van der Waals surface area contributed by atoms with E-state index in [1.54, 1.807) is 25.6 Å². The molecule has 0 spiro atoms. The molecular weight excluding hydrogens is 234 g/mol. The van der Waals surface area contributed by atoms with E-state index < -0.39 is 5.60 Å². The lowest BCUT2D eigenvalue weighted by atomic mass is 9.86. The van der Waals surface area contributed by atoms with Gasteiger partial charge in [-0.15, -0.1) is 0 Å².